The standard InChI is InChI=1S/C19H13ClN4O2S/c1-11-5-4-6-12(9-11)17-21-22-18(27-17)16-10-14(19(25)26)23-24(16)15-8-3-2-7-13(15)20/h2-10H,1H3,(H,25,26). The number of aryl methyl sites for hydroxylation is 1. The van der Waals surface area contributed by atoms with E-state index in [0.717, 1.165) is 16.1 Å². The van der Waals surface area contributed by atoms with Crippen molar-refractivity contribution in [2.75, 3.05) is 0 Å². The number of aromatic carboxylic acids is 1. The minimum atomic E-state index is -1.12. The van der Waals surface area contributed by atoms with Crippen LogP contribution in [0.25, 0.3) is 27.0 Å². The van der Waals surface area contributed by atoms with Gasteiger partial charge in [-0.3, -0.25) is 0 Å². The van der Waals surface area contributed by atoms with Crippen molar-refractivity contribution in [2.24, 2.45) is 0 Å². The quantitative estimate of drug-likeness (QED) is 0.540. The zero-order chi connectivity index (χ0) is 19.0. The van der Waals surface area contributed by atoms with Gasteiger partial charge in [0.1, 0.15) is 10.7 Å². The molecule has 2 heterocycles. The van der Waals surface area contributed by atoms with E-state index in [4.69, 9.17) is 11.6 Å². The van der Waals surface area contributed by atoms with Crippen LogP contribution < -0.4 is 0 Å². The fourth-order valence-corrected chi connectivity index (χ4v) is 3.72. The monoisotopic (exact) mass is 396 g/mol. The van der Waals surface area contributed by atoms with Crippen LogP contribution in [-0.4, -0.2) is 31.1 Å². The summed E-state index contributed by atoms with van der Waals surface area (Å²) in [5.74, 6) is -1.12. The largest absolute Gasteiger partial charge is 0.476 e. The fourth-order valence-electron chi connectivity index (χ4n) is 2.67. The topological polar surface area (TPSA) is 80.9 Å². The van der Waals surface area contributed by atoms with Crippen LogP contribution in [0.2, 0.25) is 5.02 Å². The maximum Gasteiger partial charge on any atom is 0.356 e. The number of para-hydroxylation sites is 1. The van der Waals surface area contributed by atoms with Crippen LogP contribution in [-0.2, 0) is 0 Å². The number of carboxylic acid groups (broad SMARTS) is 1. The highest BCUT2D eigenvalue weighted by molar-refractivity contribution is 7.17. The van der Waals surface area contributed by atoms with Gasteiger partial charge in [-0.25, -0.2) is 9.48 Å². The Hall–Kier alpha value is -3.03. The summed E-state index contributed by atoms with van der Waals surface area (Å²) >= 11 is 7.65. The summed E-state index contributed by atoms with van der Waals surface area (Å²) in [6.07, 6.45) is 0. The number of benzene rings is 2. The van der Waals surface area contributed by atoms with Crippen molar-refractivity contribution in [3.05, 3.63) is 70.9 Å². The van der Waals surface area contributed by atoms with Crippen LogP contribution in [0.1, 0.15) is 16.1 Å². The Morgan fingerprint density at radius 1 is 1.07 bits per heavy atom. The minimum absolute atomic E-state index is 0.0859. The Kier molecular flexibility index (Phi) is 4.47. The van der Waals surface area contributed by atoms with Gasteiger partial charge in [-0.15, -0.1) is 10.2 Å². The number of carboxylic acids is 1. The normalized spacial score (nSPS) is 10.9. The Morgan fingerprint density at radius 2 is 1.85 bits per heavy atom. The Balaban J connectivity index is 1.85. The van der Waals surface area contributed by atoms with Gasteiger partial charge >= 0.3 is 5.97 Å². The van der Waals surface area contributed by atoms with Gasteiger partial charge in [-0.1, -0.05) is 58.8 Å². The predicted molar refractivity (Wildman–Crippen MR) is 105 cm³/mol. The Labute approximate surface area is 163 Å². The molecule has 0 unspecified atom stereocenters. The lowest BCUT2D eigenvalue weighted by Gasteiger charge is -2.06. The molecule has 4 aromatic rings. The Bertz CT molecular complexity index is 1150. The number of aromatic nitrogens is 4. The number of nitrogens with zero attached hydrogens (tertiary/aromatic N) is 4. The zero-order valence-corrected chi connectivity index (χ0v) is 15.7. The average molecular weight is 397 g/mol. The molecule has 8 heteroatoms. The summed E-state index contributed by atoms with van der Waals surface area (Å²) in [5, 5.41) is 23.8. The SMILES string of the molecule is Cc1cccc(-c2nnc(-c3cc(C(=O)O)nn3-c3ccccc3Cl)s2)c1. The third kappa shape index (κ3) is 3.34. The number of carbonyl (C=O) groups is 1. The molecule has 27 heavy (non-hydrogen) atoms. The summed E-state index contributed by atoms with van der Waals surface area (Å²) in [4.78, 5) is 11.4. The van der Waals surface area contributed by atoms with Crippen molar-refractivity contribution < 1.29 is 9.90 Å². The van der Waals surface area contributed by atoms with E-state index in [1.807, 2.05) is 37.3 Å². The lowest BCUT2D eigenvalue weighted by molar-refractivity contribution is 0.0690. The molecule has 0 amide bonds. The van der Waals surface area contributed by atoms with Gasteiger partial charge in [-0.2, -0.15) is 5.10 Å². The van der Waals surface area contributed by atoms with Crippen molar-refractivity contribution in [1.82, 2.24) is 20.0 Å². The molecule has 2 aromatic heterocycles. The molecule has 0 bridgehead atoms. The third-order valence-corrected chi connectivity index (χ3v) is 5.23. The molecule has 0 fully saturated rings. The van der Waals surface area contributed by atoms with E-state index in [2.05, 4.69) is 15.3 Å². The van der Waals surface area contributed by atoms with E-state index >= 15 is 0 Å². The summed E-state index contributed by atoms with van der Waals surface area (Å²) < 4.78 is 1.49. The second-order valence-corrected chi connectivity index (χ2v) is 7.25. The molecule has 4 rings (SSSR count). The first-order valence-corrected chi connectivity index (χ1v) is 9.21. The number of hydrogen-bond donors (Lipinski definition) is 1. The first-order chi connectivity index (χ1) is 13.0. The molecular weight excluding hydrogens is 384 g/mol. The highest BCUT2D eigenvalue weighted by Gasteiger charge is 2.20. The molecule has 2 aromatic carbocycles. The molecule has 0 aliphatic heterocycles. The van der Waals surface area contributed by atoms with Gasteiger partial charge in [0.15, 0.2) is 10.7 Å². The highest BCUT2D eigenvalue weighted by Crippen LogP contribution is 2.33. The van der Waals surface area contributed by atoms with Crippen molar-refractivity contribution in [3.8, 4) is 27.0 Å². The number of hydrogen-bond acceptors (Lipinski definition) is 5. The summed E-state index contributed by atoms with van der Waals surface area (Å²) in [6, 6.07) is 16.5. The third-order valence-electron chi connectivity index (χ3n) is 3.92. The molecular formula is C19H13ClN4O2S. The molecule has 0 radical (unpaired) electrons. The van der Waals surface area contributed by atoms with Crippen molar-refractivity contribution in [1.29, 1.82) is 0 Å². The van der Waals surface area contributed by atoms with Crippen molar-refractivity contribution in [3.63, 3.8) is 0 Å². The van der Waals surface area contributed by atoms with Gasteiger partial charge in [0.2, 0.25) is 0 Å². The highest BCUT2D eigenvalue weighted by atomic mass is 35.5. The predicted octanol–water partition coefficient (Wildman–Crippen LogP) is 4.72. The molecule has 0 aliphatic rings. The molecule has 0 aliphatic carbocycles. The molecule has 1 N–H and O–H groups in total. The van der Waals surface area contributed by atoms with Crippen LogP contribution in [0.5, 0.6) is 0 Å². The molecule has 0 saturated carbocycles. The average Bonchev–Trinajstić information content (AvgIpc) is 3.29. The second kappa shape index (κ2) is 6.94. The van der Waals surface area contributed by atoms with Gasteiger partial charge in [-0.05, 0) is 25.1 Å². The molecule has 0 spiro atoms. The van der Waals surface area contributed by atoms with Gasteiger partial charge in [0.05, 0.1) is 10.7 Å². The maximum atomic E-state index is 11.4. The van der Waals surface area contributed by atoms with Crippen molar-refractivity contribution in [2.45, 2.75) is 6.92 Å². The van der Waals surface area contributed by atoms with E-state index < -0.39 is 5.97 Å². The number of halogens is 1. The van der Waals surface area contributed by atoms with Crippen LogP contribution in [0.4, 0.5) is 0 Å². The smallest absolute Gasteiger partial charge is 0.356 e. The van der Waals surface area contributed by atoms with Gasteiger partial charge < -0.3 is 5.11 Å². The number of rotatable bonds is 4. The summed E-state index contributed by atoms with van der Waals surface area (Å²) in [7, 11) is 0. The fraction of sp³-hybridized carbons (Fsp3) is 0.0526. The lowest BCUT2D eigenvalue weighted by atomic mass is 10.1. The van der Waals surface area contributed by atoms with E-state index in [9.17, 15) is 9.90 Å². The minimum Gasteiger partial charge on any atom is -0.476 e. The van der Waals surface area contributed by atoms with Crippen LogP contribution in [0, 0.1) is 6.92 Å². The molecule has 134 valence electrons. The lowest BCUT2D eigenvalue weighted by Crippen LogP contribution is -2.02. The van der Waals surface area contributed by atoms with E-state index in [1.165, 1.54) is 22.1 Å². The van der Waals surface area contributed by atoms with E-state index in [1.54, 1.807) is 18.2 Å². The van der Waals surface area contributed by atoms with E-state index in [0.29, 0.717) is 21.4 Å². The first kappa shape index (κ1) is 17.4. The summed E-state index contributed by atoms with van der Waals surface area (Å²) in [6.45, 7) is 2.01. The van der Waals surface area contributed by atoms with Crippen LogP contribution in [0.15, 0.2) is 54.6 Å². The van der Waals surface area contributed by atoms with Crippen LogP contribution >= 0.6 is 22.9 Å². The molecule has 0 atom stereocenters. The van der Waals surface area contributed by atoms with Gasteiger partial charge in [0.25, 0.3) is 0 Å². The Morgan fingerprint density at radius 3 is 2.59 bits per heavy atom. The molecule has 0 saturated heterocycles. The zero-order valence-electron chi connectivity index (χ0n) is 14.1. The van der Waals surface area contributed by atoms with Crippen molar-refractivity contribution >= 4 is 28.9 Å². The summed E-state index contributed by atoms with van der Waals surface area (Å²) in [5.41, 5.74) is 3.10. The van der Waals surface area contributed by atoms with E-state index in [-0.39, 0.29) is 5.69 Å². The molecule has 6 nitrogen and oxygen atoms in total. The van der Waals surface area contributed by atoms with Gasteiger partial charge in [0, 0.05) is 11.6 Å². The van der Waals surface area contributed by atoms with Crippen LogP contribution in [0.3, 0.4) is 0 Å². The maximum absolute atomic E-state index is 11.4. The first-order valence-electron chi connectivity index (χ1n) is 8.02. The second-order valence-electron chi connectivity index (χ2n) is 5.87.